The van der Waals surface area contributed by atoms with Gasteiger partial charge in [-0.1, -0.05) is 13.8 Å². The smallest absolute Gasteiger partial charge is 0.325 e. The van der Waals surface area contributed by atoms with Gasteiger partial charge in [0.2, 0.25) is 0 Å². The van der Waals surface area contributed by atoms with Crippen LogP contribution in [0.4, 0.5) is 4.79 Å². The second kappa shape index (κ2) is 4.41. The van der Waals surface area contributed by atoms with E-state index in [4.69, 9.17) is 4.74 Å². The van der Waals surface area contributed by atoms with E-state index in [0.29, 0.717) is 25.6 Å². The Balaban J connectivity index is 2.04. The van der Waals surface area contributed by atoms with Crippen molar-refractivity contribution in [2.24, 2.45) is 5.92 Å². The zero-order chi connectivity index (χ0) is 11.7. The Morgan fingerprint density at radius 1 is 1.50 bits per heavy atom. The zero-order valence-corrected chi connectivity index (χ0v) is 9.73. The van der Waals surface area contributed by atoms with Gasteiger partial charge in [0.15, 0.2) is 0 Å². The van der Waals surface area contributed by atoms with Gasteiger partial charge in [0.05, 0.1) is 12.6 Å². The summed E-state index contributed by atoms with van der Waals surface area (Å²) in [4.78, 5) is 25.1. The van der Waals surface area contributed by atoms with Crippen LogP contribution in [0.15, 0.2) is 0 Å². The number of ether oxygens (including phenoxy) is 1. The number of hydrogen-bond donors (Lipinski definition) is 1. The van der Waals surface area contributed by atoms with Crippen LogP contribution in [0.25, 0.3) is 0 Å². The maximum atomic E-state index is 12.0. The van der Waals surface area contributed by atoms with Crippen molar-refractivity contribution in [2.75, 3.05) is 13.2 Å². The van der Waals surface area contributed by atoms with Crippen LogP contribution >= 0.6 is 0 Å². The zero-order valence-electron chi connectivity index (χ0n) is 9.73. The fourth-order valence-corrected chi connectivity index (χ4v) is 2.25. The molecule has 0 aliphatic carbocycles. The topological polar surface area (TPSA) is 58.6 Å². The molecule has 0 radical (unpaired) electrons. The average Bonchev–Trinajstić information content (AvgIpc) is 2.76. The fraction of sp³-hybridized carbons (Fsp3) is 0.818. The third kappa shape index (κ3) is 2.04. The molecule has 2 aliphatic rings. The van der Waals surface area contributed by atoms with Crippen LogP contribution < -0.4 is 5.32 Å². The first kappa shape index (κ1) is 11.4. The van der Waals surface area contributed by atoms with Crippen LogP contribution in [-0.4, -0.2) is 42.1 Å². The van der Waals surface area contributed by atoms with Crippen LogP contribution in [0, 0.1) is 5.92 Å². The van der Waals surface area contributed by atoms with Crippen molar-refractivity contribution in [3.63, 3.8) is 0 Å². The SMILES string of the molecule is CC(C)CC1NC(=O)N(C2CCOC2)C1=O. The predicted octanol–water partition coefficient (Wildman–Crippen LogP) is 0.742. The minimum atomic E-state index is -0.340. The number of urea groups is 1. The third-order valence-corrected chi connectivity index (χ3v) is 3.03. The lowest BCUT2D eigenvalue weighted by molar-refractivity contribution is -0.129. The molecule has 90 valence electrons. The minimum Gasteiger partial charge on any atom is -0.379 e. The van der Waals surface area contributed by atoms with Gasteiger partial charge in [-0.05, 0) is 18.8 Å². The first-order valence-corrected chi connectivity index (χ1v) is 5.81. The fourth-order valence-electron chi connectivity index (χ4n) is 2.25. The summed E-state index contributed by atoms with van der Waals surface area (Å²) in [5.74, 6) is 0.309. The Bertz CT molecular complexity index is 298. The molecule has 0 spiro atoms. The van der Waals surface area contributed by atoms with Gasteiger partial charge in [0, 0.05) is 6.61 Å². The number of amides is 3. The number of hydrogen-bond acceptors (Lipinski definition) is 3. The Hall–Kier alpha value is -1.10. The van der Waals surface area contributed by atoms with E-state index in [1.165, 1.54) is 4.90 Å². The highest BCUT2D eigenvalue weighted by Gasteiger charge is 2.42. The van der Waals surface area contributed by atoms with Gasteiger partial charge in [0.1, 0.15) is 6.04 Å². The predicted molar refractivity (Wildman–Crippen MR) is 57.8 cm³/mol. The number of nitrogens with zero attached hydrogens (tertiary/aromatic N) is 1. The van der Waals surface area contributed by atoms with Gasteiger partial charge >= 0.3 is 6.03 Å². The highest BCUT2D eigenvalue weighted by Crippen LogP contribution is 2.20. The number of rotatable bonds is 3. The highest BCUT2D eigenvalue weighted by molar-refractivity contribution is 6.04. The Morgan fingerprint density at radius 3 is 2.81 bits per heavy atom. The van der Waals surface area contributed by atoms with E-state index in [0.717, 1.165) is 6.42 Å². The van der Waals surface area contributed by atoms with Gasteiger partial charge in [-0.25, -0.2) is 4.79 Å². The molecule has 2 aliphatic heterocycles. The number of nitrogens with one attached hydrogen (secondary N) is 1. The molecule has 1 N–H and O–H groups in total. The molecule has 3 amide bonds. The van der Waals surface area contributed by atoms with Crippen LogP contribution in [0.1, 0.15) is 26.7 Å². The monoisotopic (exact) mass is 226 g/mol. The molecule has 2 fully saturated rings. The minimum absolute atomic E-state index is 0.0651. The van der Waals surface area contributed by atoms with E-state index >= 15 is 0 Å². The van der Waals surface area contributed by atoms with Crippen molar-refractivity contribution in [1.29, 1.82) is 0 Å². The third-order valence-electron chi connectivity index (χ3n) is 3.03. The summed E-state index contributed by atoms with van der Waals surface area (Å²) in [5.41, 5.74) is 0. The van der Waals surface area contributed by atoms with Crippen LogP contribution in [0.5, 0.6) is 0 Å². The van der Waals surface area contributed by atoms with Crippen molar-refractivity contribution in [2.45, 2.75) is 38.8 Å². The van der Waals surface area contributed by atoms with Crippen molar-refractivity contribution >= 4 is 11.9 Å². The van der Waals surface area contributed by atoms with E-state index in [1.807, 2.05) is 13.8 Å². The summed E-state index contributed by atoms with van der Waals surface area (Å²) in [5, 5.41) is 2.74. The molecule has 5 heteroatoms. The lowest BCUT2D eigenvalue weighted by Gasteiger charge is -2.19. The molecular formula is C11H18N2O3. The van der Waals surface area contributed by atoms with Crippen LogP contribution in [0.2, 0.25) is 0 Å². The van der Waals surface area contributed by atoms with E-state index in [1.54, 1.807) is 0 Å². The number of carbonyl (C=O) groups is 2. The van der Waals surface area contributed by atoms with Crippen molar-refractivity contribution < 1.29 is 14.3 Å². The standard InChI is InChI=1S/C11H18N2O3/c1-7(2)5-9-10(14)13(11(15)12-9)8-3-4-16-6-8/h7-9H,3-6H2,1-2H3,(H,12,15). The summed E-state index contributed by atoms with van der Waals surface area (Å²) in [6, 6.07) is -0.663. The molecule has 2 rings (SSSR count). The lowest BCUT2D eigenvalue weighted by Crippen LogP contribution is -2.41. The molecule has 0 saturated carbocycles. The summed E-state index contributed by atoms with van der Waals surface area (Å²) < 4.78 is 5.21. The van der Waals surface area contributed by atoms with Gasteiger partial charge in [0.25, 0.3) is 5.91 Å². The van der Waals surface area contributed by atoms with Crippen molar-refractivity contribution in [3.8, 4) is 0 Å². The van der Waals surface area contributed by atoms with E-state index in [2.05, 4.69) is 5.32 Å². The molecule has 0 aromatic rings. The average molecular weight is 226 g/mol. The molecular weight excluding hydrogens is 208 g/mol. The van der Waals surface area contributed by atoms with Crippen LogP contribution in [0.3, 0.4) is 0 Å². The molecule has 5 nitrogen and oxygen atoms in total. The second-order valence-corrected chi connectivity index (χ2v) is 4.86. The second-order valence-electron chi connectivity index (χ2n) is 4.86. The maximum Gasteiger partial charge on any atom is 0.325 e. The van der Waals surface area contributed by atoms with Gasteiger partial charge in [-0.2, -0.15) is 0 Å². The first-order valence-electron chi connectivity index (χ1n) is 5.81. The molecule has 0 aromatic carbocycles. The molecule has 2 heterocycles. The molecule has 2 unspecified atom stereocenters. The Kier molecular flexibility index (Phi) is 3.14. The summed E-state index contributed by atoms with van der Waals surface area (Å²) >= 11 is 0. The molecule has 2 atom stereocenters. The maximum absolute atomic E-state index is 12.0. The molecule has 16 heavy (non-hydrogen) atoms. The van der Waals surface area contributed by atoms with Gasteiger partial charge in [-0.3, -0.25) is 9.69 Å². The first-order chi connectivity index (χ1) is 7.59. The van der Waals surface area contributed by atoms with Gasteiger partial charge < -0.3 is 10.1 Å². The molecule has 0 bridgehead atoms. The van der Waals surface area contributed by atoms with Gasteiger partial charge in [-0.15, -0.1) is 0 Å². The van der Waals surface area contributed by atoms with E-state index in [9.17, 15) is 9.59 Å². The van der Waals surface area contributed by atoms with Crippen molar-refractivity contribution in [3.05, 3.63) is 0 Å². The summed E-state index contributed by atoms with van der Waals surface area (Å²) in [6.45, 7) is 5.20. The van der Waals surface area contributed by atoms with Crippen molar-refractivity contribution in [1.82, 2.24) is 10.2 Å². The molecule has 0 aromatic heterocycles. The number of carbonyl (C=O) groups excluding carboxylic acids is 2. The summed E-state index contributed by atoms with van der Waals surface area (Å²) in [7, 11) is 0. The Labute approximate surface area is 95.1 Å². The summed E-state index contributed by atoms with van der Waals surface area (Å²) in [6.07, 6.45) is 1.46. The number of imide groups is 1. The Morgan fingerprint density at radius 2 is 2.25 bits per heavy atom. The largest absolute Gasteiger partial charge is 0.379 e. The highest BCUT2D eigenvalue weighted by atomic mass is 16.5. The normalized spacial score (nSPS) is 30.3. The molecule has 2 saturated heterocycles. The van der Waals surface area contributed by atoms with E-state index in [-0.39, 0.29) is 24.0 Å². The van der Waals surface area contributed by atoms with E-state index < -0.39 is 0 Å². The quantitative estimate of drug-likeness (QED) is 0.722. The lowest BCUT2D eigenvalue weighted by atomic mass is 10.0. The van der Waals surface area contributed by atoms with Crippen LogP contribution in [-0.2, 0) is 9.53 Å².